The monoisotopic (exact) mass is 228 g/mol. The number of methoxy groups -OCH3 is 1. The summed E-state index contributed by atoms with van der Waals surface area (Å²) in [6.45, 7) is 10.2. The Balaban J connectivity index is 2.17. The van der Waals surface area contributed by atoms with Gasteiger partial charge in [0, 0.05) is 19.7 Å². The summed E-state index contributed by atoms with van der Waals surface area (Å²) in [6, 6.07) is 0.529. The summed E-state index contributed by atoms with van der Waals surface area (Å²) in [6.07, 6.45) is 2.40. The van der Waals surface area contributed by atoms with E-state index < -0.39 is 0 Å². The van der Waals surface area contributed by atoms with Gasteiger partial charge in [-0.15, -0.1) is 0 Å². The second-order valence-electron chi connectivity index (χ2n) is 5.89. The van der Waals surface area contributed by atoms with Crippen LogP contribution in [0.15, 0.2) is 0 Å². The largest absolute Gasteiger partial charge is 0.379 e. The lowest BCUT2D eigenvalue weighted by Gasteiger charge is -2.27. The molecule has 2 unspecified atom stereocenters. The van der Waals surface area contributed by atoms with E-state index in [0.717, 1.165) is 18.9 Å². The molecule has 96 valence electrons. The van der Waals surface area contributed by atoms with Gasteiger partial charge in [0.15, 0.2) is 0 Å². The summed E-state index contributed by atoms with van der Waals surface area (Å²) in [5.74, 6) is 0.832. The molecule has 0 radical (unpaired) electrons. The van der Waals surface area contributed by atoms with Gasteiger partial charge in [0.25, 0.3) is 0 Å². The highest BCUT2D eigenvalue weighted by Crippen LogP contribution is 2.17. The molecule has 1 saturated heterocycles. The van der Waals surface area contributed by atoms with E-state index in [9.17, 15) is 0 Å². The van der Waals surface area contributed by atoms with Gasteiger partial charge in [0.05, 0.1) is 5.60 Å². The van der Waals surface area contributed by atoms with Crippen molar-refractivity contribution >= 4 is 0 Å². The molecule has 1 aliphatic heterocycles. The first-order chi connectivity index (χ1) is 7.43. The summed E-state index contributed by atoms with van der Waals surface area (Å²) in [5, 5.41) is 3.63. The Hall–Kier alpha value is -0.120. The molecular formula is C13H28N2O. The molecule has 1 rings (SSSR count). The van der Waals surface area contributed by atoms with Gasteiger partial charge in [-0.3, -0.25) is 0 Å². The summed E-state index contributed by atoms with van der Waals surface area (Å²) < 4.78 is 5.45. The maximum absolute atomic E-state index is 5.45. The second kappa shape index (κ2) is 5.99. The van der Waals surface area contributed by atoms with Gasteiger partial charge in [-0.1, -0.05) is 0 Å². The lowest BCUT2D eigenvalue weighted by molar-refractivity contribution is 0.00834. The molecule has 0 amide bonds. The fourth-order valence-electron chi connectivity index (χ4n) is 2.45. The number of nitrogens with zero attached hydrogens (tertiary/aromatic N) is 1. The smallest absolute Gasteiger partial charge is 0.0637 e. The Labute approximate surface area is 101 Å². The van der Waals surface area contributed by atoms with Crippen LogP contribution in [0.4, 0.5) is 0 Å². The minimum absolute atomic E-state index is 0.0150. The van der Waals surface area contributed by atoms with Gasteiger partial charge in [-0.05, 0) is 59.7 Å². The van der Waals surface area contributed by atoms with Gasteiger partial charge in [-0.25, -0.2) is 0 Å². The van der Waals surface area contributed by atoms with Crippen molar-refractivity contribution in [3.8, 4) is 0 Å². The van der Waals surface area contributed by atoms with E-state index in [1.54, 1.807) is 7.11 Å². The lowest BCUT2D eigenvalue weighted by Crippen LogP contribution is -2.38. The zero-order chi connectivity index (χ0) is 12.2. The van der Waals surface area contributed by atoms with Crippen LogP contribution in [0.5, 0.6) is 0 Å². The van der Waals surface area contributed by atoms with E-state index in [1.807, 2.05) is 0 Å². The lowest BCUT2D eigenvalue weighted by atomic mass is 9.99. The van der Waals surface area contributed by atoms with Crippen molar-refractivity contribution in [3.05, 3.63) is 0 Å². The summed E-state index contributed by atoms with van der Waals surface area (Å²) in [7, 11) is 4.00. The van der Waals surface area contributed by atoms with Crippen LogP contribution in [-0.2, 0) is 4.74 Å². The molecule has 3 heteroatoms. The summed E-state index contributed by atoms with van der Waals surface area (Å²) in [5.41, 5.74) is -0.0150. The fraction of sp³-hybridized carbons (Fsp3) is 1.00. The van der Waals surface area contributed by atoms with E-state index >= 15 is 0 Å². The van der Waals surface area contributed by atoms with Crippen molar-refractivity contribution in [3.63, 3.8) is 0 Å². The van der Waals surface area contributed by atoms with Crippen LogP contribution >= 0.6 is 0 Å². The molecule has 0 aromatic heterocycles. The van der Waals surface area contributed by atoms with Gasteiger partial charge in [-0.2, -0.15) is 0 Å². The van der Waals surface area contributed by atoms with Gasteiger partial charge >= 0.3 is 0 Å². The highest BCUT2D eigenvalue weighted by Gasteiger charge is 2.22. The molecule has 0 aliphatic carbocycles. The van der Waals surface area contributed by atoms with Crippen LogP contribution in [0.2, 0.25) is 0 Å². The molecular weight excluding hydrogens is 200 g/mol. The Morgan fingerprint density at radius 2 is 2.19 bits per heavy atom. The van der Waals surface area contributed by atoms with E-state index in [4.69, 9.17) is 4.74 Å². The Bertz CT molecular complexity index is 206. The van der Waals surface area contributed by atoms with Crippen molar-refractivity contribution in [2.45, 2.75) is 45.3 Å². The predicted octanol–water partition coefficient (Wildman–Crippen LogP) is 1.73. The fourth-order valence-corrected chi connectivity index (χ4v) is 2.45. The number of hydrogen-bond acceptors (Lipinski definition) is 3. The quantitative estimate of drug-likeness (QED) is 0.749. The topological polar surface area (TPSA) is 24.5 Å². The van der Waals surface area contributed by atoms with Crippen LogP contribution in [-0.4, -0.2) is 50.3 Å². The van der Waals surface area contributed by atoms with Crippen molar-refractivity contribution in [2.75, 3.05) is 33.8 Å². The summed E-state index contributed by atoms with van der Waals surface area (Å²) >= 11 is 0. The van der Waals surface area contributed by atoms with E-state index in [-0.39, 0.29) is 5.60 Å². The Morgan fingerprint density at radius 3 is 2.69 bits per heavy atom. The minimum atomic E-state index is -0.0150. The molecule has 1 heterocycles. The first-order valence-electron chi connectivity index (χ1n) is 6.40. The molecule has 0 saturated carbocycles. The molecule has 1 N–H and O–H groups in total. The maximum Gasteiger partial charge on any atom is 0.0637 e. The van der Waals surface area contributed by atoms with E-state index in [0.29, 0.717) is 6.04 Å². The number of likely N-dealkylation sites (tertiary alicyclic amines) is 1. The SMILES string of the molecule is COC(C)(C)CC(C)NCC1CCN(C)C1. The summed E-state index contributed by atoms with van der Waals surface area (Å²) in [4.78, 5) is 2.41. The molecule has 1 aliphatic rings. The number of nitrogens with one attached hydrogen (secondary N) is 1. The minimum Gasteiger partial charge on any atom is -0.379 e. The molecule has 0 bridgehead atoms. The van der Waals surface area contributed by atoms with Crippen molar-refractivity contribution in [1.29, 1.82) is 0 Å². The average molecular weight is 228 g/mol. The van der Waals surface area contributed by atoms with E-state index in [1.165, 1.54) is 19.5 Å². The highest BCUT2D eigenvalue weighted by molar-refractivity contribution is 4.79. The number of ether oxygens (including phenoxy) is 1. The second-order valence-corrected chi connectivity index (χ2v) is 5.89. The molecule has 0 spiro atoms. The van der Waals surface area contributed by atoms with E-state index in [2.05, 4.69) is 38.0 Å². The highest BCUT2D eigenvalue weighted by atomic mass is 16.5. The zero-order valence-electron chi connectivity index (χ0n) is 11.5. The predicted molar refractivity (Wildman–Crippen MR) is 68.8 cm³/mol. The number of hydrogen-bond donors (Lipinski definition) is 1. The molecule has 1 fully saturated rings. The normalized spacial score (nSPS) is 24.9. The van der Waals surface area contributed by atoms with Crippen LogP contribution in [0, 0.1) is 5.92 Å². The van der Waals surface area contributed by atoms with Crippen molar-refractivity contribution in [1.82, 2.24) is 10.2 Å². The molecule has 0 aromatic carbocycles. The number of rotatable bonds is 6. The standard InChI is InChI=1S/C13H28N2O/c1-11(8-13(2,3)16-5)14-9-12-6-7-15(4)10-12/h11-12,14H,6-10H2,1-5H3. The van der Waals surface area contributed by atoms with Gasteiger partial charge in [0.2, 0.25) is 0 Å². The third-order valence-electron chi connectivity index (χ3n) is 3.59. The maximum atomic E-state index is 5.45. The third-order valence-corrected chi connectivity index (χ3v) is 3.59. The zero-order valence-corrected chi connectivity index (χ0v) is 11.5. The molecule has 0 aromatic rings. The van der Waals surface area contributed by atoms with Gasteiger partial charge < -0.3 is 15.0 Å². The van der Waals surface area contributed by atoms with Crippen LogP contribution in [0.25, 0.3) is 0 Å². The first-order valence-corrected chi connectivity index (χ1v) is 6.40. The molecule has 3 nitrogen and oxygen atoms in total. The van der Waals surface area contributed by atoms with Crippen molar-refractivity contribution in [2.24, 2.45) is 5.92 Å². The van der Waals surface area contributed by atoms with Crippen molar-refractivity contribution < 1.29 is 4.74 Å². The third kappa shape index (κ3) is 4.81. The van der Waals surface area contributed by atoms with Crippen LogP contribution < -0.4 is 5.32 Å². The van der Waals surface area contributed by atoms with Gasteiger partial charge in [0.1, 0.15) is 0 Å². The van der Waals surface area contributed by atoms with Crippen LogP contribution in [0.1, 0.15) is 33.6 Å². The Morgan fingerprint density at radius 1 is 1.50 bits per heavy atom. The Kier molecular flexibility index (Phi) is 5.22. The first kappa shape index (κ1) is 13.9. The molecule has 16 heavy (non-hydrogen) atoms. The average Bonchev–Trinajstić information content (AvgIpc) is 2.61. The molecule has 2 atom stereocenters. The van der Waals surface area contributed by atoms with Crippen LogP contribution in [0.3, 0.4) is 0 Å².